The summed E-state index contributed by atoms with van der Waals surface area (Å²) in [5.74, 6) is 0. The Bertz CT molecular complexity index is 486. The number of halogens is 1. The molecule has 0 bridgehead atoms. The lowest BCUT2D eigenvalue weighted by atomic mass is 10.0. The third-order valence-electron chi connectivity index (χ3n) is 2.84. The first-order valence-corrected chi connectivity index (χ1v) is 6.48. The molecule has 18 heavy (non-hydrogen) atoms. The predicted octanol–water partition coefficient (Wildman–Crippen LogP) is 3.99. The number of nitrogens with zero attached hydrogens (tertiary/aromatic N) is 1. The molecule has 2 rings (SSSR count). The highest BCUT2D eigenvalue weighted by atomic mass is 35.5. The van der Waals surface area contributed by atoms with Crippen LogP contribution in [0.25, 0.3) is 0 Å². The predicted molar refractivity (Wildman–Crippen MR) is 78.1 cm³/mol. The summed E-state index contributed by atoms with van der Waals surface area (Å²) in [5.41, 5.74) is 3.97. The third-order valence-corrected chi connectivity index (χ3v) is 3.10. The van der Waals surface area contributed by atoms with Crippen LogP contribution in [-0.4, -0.2) is 19.0 Å². The second kappa shape index (κ2) is 6.03. The summed E-state index contributed by atoms with van der Waals surface area (Å²) in [7, 11) is 4.17. The molecule has 0 saturated carbocycles. The average Bonchev–Trinajstić information content (AvgIpc) is 2.34. The molecule has 0 radical (unpaired) electrons. The normalized spacial score (nSPS) is 10.9. The zero-order valence-corrected chi connectivity index (χ0v) is 11.6. The lowest BCUT2D eigenvalue weighted by Gasteiger charge is -2.10. The zero-order valence-electron chi connectivity index (χ0n) is 10.9. The summed E-state index contributed by atoms with van der Waals surface area (Å²) in [5, 5.41) is 0.792. The van der Waals surface area contributed by atoms with Crippen molar-refractivity contribution in [1.29, 1.82) is 0 Å². The molecule has 0 aliphatic rings. The molecule has 0 unspecified atom stereocenters. The zero-order chi connectivity index (χ0) is 13.0. The summed E-state index contributed by atoms with van der Waals surface area (Å²) < 4.78 is 0. The molecular weight excluding hydrogens is 242 g/mol. The van der Waals surface area contributed by atoms with Crippen LogP contribution < -0.4 is 0 Å². The molecule has 0 saturated heterocycles. The number of hydrogen-bond acceptors (Lipinski definition) is 1. The second-order valence-electron chi connectivity index (χ2n) is 4.86. The molecule has 94 valence electrons. The highest BCUT2D eigenvalue weighted by molar-refractivity contribution is 6.30. The van der Waals surface area contributed by atoms with Crippen molar-refractivity contribution in [2.45, 2.75) is 13.0 Å². The van der Waals surface area contributed by atoms with Crippen molar-refractivity contribution in [3.63, 3.8) is 0 Å². The van der Waals surface area contributed by atoms with E-state index in [0.717, 1.165) is 18.0 Å². The second-order valence-corrected chi connectivity index (χ2v) is 5.29. The van der Waals surface area contributed by atoms with Crippen molar-refractivity contribution in [3.8, 4) is 0 Å². The van der Waals surface area contributed by atoms with Gasteiger partial charge in [-0.25, -0.2) is 0 Å². The highest BCUT2D eigenvalue weighted by Gasteiger charge is 1.98. The van der Waals surface area contributed by atoms with Crippen molar-refractivity contribution in [1.82, 2.24) is 4.90 Å². The van der Waals surface area contributed by atoms with E-state index in [9.17, 15) is 0 Å². The monoisotopic (exact) mass is 259 g/mol. The molecular formula is C16H18ClN. The Morgan fingerprint density at radius 1 is 0.778 bits per heavy atom. The number of rotatable bonds is 4. The largest absolute Gasteiger partial charge is 0.305 e. The average molecular weight is 260 g/mol. The van der Waals surface area contributed by atoms with Gasteiger partial charge in [-0.2, -0.15) is 0 Å². The molecule has 2 aromatic carbocycles. The van der Waals surface area contributed by atoms with Gasteiger partial charge in [0.1, 0.15) is 0 Å². The molecule has 0 spiro atoms. The van der Waals surface area contributed by atoms with Gasteiger partial charge in [0, 0.05) is 11.6 Å². The first kappa shape index (κ1) is 13.1. The minimum atomic E-state index is 0.792. The van der Waals surface area contributed by atoms with Crippen LogP contribution in [0.3, 0.4) is 0 Å². The van der Waals surface area contributed by atoms with Gasteiger partial charge in [0.2, 0.25) is 0 Å². The molecule has 1 nitrogen and oxygen atoms in total. The molecule has 2 heteroatoms. The third kappa shape index (κ3) is 3.86. The van der Waals surface area contributed by atoms with Crippen molar-refractivity contribution in [2.75, 3.05) is 14.1 Å². The van der Waals surface area contributed by atoms with E-state index in [4.69, 9.17) is 11.6 Å². The van der Waals surface area contributed by atoms with Gasteiger partial charge in [0.05, 0.1) is 0 Å². The van der Waals surface area contributed by atoms with E-state index in [1.165, 1.54) is 16.7 Å². The topological polar surface area (TPSA) is 3.24 Å². The van der Waals surface area contributed by atoms with Gasteiger partial charge in [0.15, 0.2) is 0 Å². The van der Waals surface area contributed by atoms with Crippen molar-refractivity contribution in [3.05, 3.63) is 70.2 Å². The molecule has 2 aromatic rings. The molecule has 0 aliphatic heterocycles. The smallest absolute Gasteiger partial charge is 0.0406 e. The molecule has 0 aromatic heterocycles. The SMILES string of the molecule is CN(C)Cc1ccc(Cc2ccc(Cl)cc2)cc1. The first-order valence-electron chi connectivity index (χ1n) is 6.10. The van der Waals surface area contributed by atoms with E-state index >= 15 is 0 Å². The maximum absolute atomic E-state index is 5.88. The summed E-state index contributed by atoms with van der Waals surface area (Å²) in [6.45, 7) is 0.987. The molecule has 0 amide bonds. The fourth-order valence-corrected chi connectivity index (χ4v) is 2.09. The van der Waals surface area contributed by atoms with Crippen molar-refractivity contribution in [2.24, 2.45) is 0 Å². The van der Waals surface area contributed by atoms with Gasteiger partial charge in [-0.05, 0) is 49.3 Å². The van der Waals surface area contributed by atoms with Crippen LogP contribution >= 0.6 is 11.6 Å². The Labute approximate surface area is 114 Å². The number of hydrogen-bond donors (Lipinski definition) is 0. The van der Waals surface area contributed by atoms with Gasteiger partial charge in [-0.1, -0.05) is 48.0 Å². The summed E-state index contributed by atoms with van der Waals surface area (Å²) in [6.07, 6.45) is 0.958. The van der Waals surface area contributed by atoms with E-state index in [2.05, 4.69) is 55.4 Å². The van der Waals surface area contributed by atoms with Crippen LogP contribution in [0.4, 0.5) is 0 Å². The molecule has 0 heterocycles. The van der Waals surface area contributed by atoms with E-state index in [1.807, 2.05) is 12.1 Å². The Morgan fingerprint density at radius 2 is 1.22 bits per heavy atom. The van der Waals surface area contributed by atoms with E-state index < -0.39 is 0 Å². The van der Waals surface area contributed by atoms with E-state index in [-0.39, 0.29) is 0 Å². The van der Waals surface area contributed by atoms with Gasteiger partial charge < -0.3 is 4.90 Å². The Hall–Kier alpha value is -1.31. The fraction of sp³-hybridized carbons (Fsp3) is 0.250. The van der Waals surface area contributed by atoms with E-state index in [0.29, 0.717) is 0 Å². The maximum atomic E-state index is 5.88. The van der Waals surface area contributed by atoms with Crippen LogP contribution in [0.2, 0.25) is 5.02 Å². The number of benzene rings is 2. The van der Waals surface area contributed by atoms with Crippen LogP contribution in [0.5, 0.6) is 0 Å². The standard InChI is InChI=1S/C16H18ClN/c1-18(2)12-15-5-3-13(4-6-15)11-14-7-9-16(17)10-8-14/h3-10H,11-12H2,1-2H3. The molecule has 0 fully saturated rings. The Morgan fingerprint density at radius 3 is 1.72 bits per heavy atom. The van der Waals surface area contributed by atoms with Crippen LogP contribution in [-0.2, 0) is 13.0 Å². The fourth-order valence-electron chi connectivity index (χ4n) is 1.97. The highest BCUT2D eigenvalue weighted by Crippen LogP contribution is 2.14. The molecule has 0 N–H and O–H groups in total. The summed E-state index contributed by atoms with van der Waals surface area (Å²) in [4.78, 5) is 2.17. The maximum Gasteiger partial charge on any atom is 0.0406 e. The minimum Gasteiger partial charge on any atom is -0.305 e. The Kier molecular flexibility index (Phi) is 4.40. The molecule has 0 atom stereocenters. The lowest BCUT2D eigenvalue weighted by Crippen LogP contribution is -2.10. The quantitative estimate of drug-likeness (QED) is 0.803. The summed E-state index contributed by atoms with van der Waals surface area (Å²) >= 11 is 5.88. The van der Waals surface area contributed by atoms with Gasteiger partial charge in [-0.15, -0.1) is 0 Å². The van der Waals surface area contributed by atoms with Crippen LogP contribution in [0.1, 0.15) is 16.7 Å². The van der Waals surface area contributed by atoms with Crippen molar-refractivity contribution >= 4 is 11.6 Å². The van der Waals surface area contributed by atoms with Crippen LogP contribution in [0.15, 0.2) is 48.5 Å². The van der Waals surface area contributed by atoms with Crippen LogP contribution in [0, 0.1) is 0 Å². The van der Waals surface area contributed by atoms with Crippen molar-refractivity contribution < 1.29 is 0 Å². The summed E-state index contributed by atoms with van der Waals surface area (Å²) in [6, 6.07) is 16.8. The van der Waals surface area contributed by atoms with Gasteiger partial charge >= 0.3 is 0 Å². The molecule has 0 aliphatic carbocycles. The Balaban J connectivity index is 2.04. The minimum absolute atomic E-state index is 0.792. The van der Waals surface area contributed by atoms with E-state index in [1.54, 1.807) is 0 Å². The van der Waals surface area contributed by atoms with Gasteiger partial charge in [-0.3, -0.25) is 0 Å². The van der Waals surface area contributed by atoms with Gasteiger partial charge in [0.25, 0.3) is 0 Å². The lowest BCUT2D eigenvalue weighted by molar-refractivity contribution is 0.402. The first-order chi connectivity index (χ1) is 8.63.